The first kappa shape index (κ1) is 9.42. The largest absolute Gasteiger partial charge is 0.325 e. The van der Waals surface area contributed by atoms with E-state index in [1.54, 1.807) is 0 Å². The third kappa shape index (κ3) is 1.05. The number of nitrogens with two attached hydrogens (primary N) is 1. The molecular formula is C12H14N4. The van der Waals surface area contributed by atoms with Crippen molar-refractivity contribution < 1.29 is 0 Å². The summed E-state index contributed by atoms with van der Waals surface area (Å²) in [6, 6.07) is 6.22. The van der Waals surface area contributed by atoms with Crippen LogP contribution in [0.5, 0.6) is 0 Å². The molecule has 16 heavy (non-hydrogen) atoms. The van der Waals surface area contributed by atoms with E-state index in [1.807, 2.05) is 11.6 Å². The lowest BCUT2D eigenvalue weighted by Crippen LogP contribution is -2.02. The quantitative estimate of drug-likeness (QED) is 0.668. The molecular weight excluding hydrogens is 200 g/mol. The first-order chi connectivity index (χ1) is 7.72. The van der Waals surface area contributed by atoms with E-state index >= 15 is 0 Å². The summed E-state index contributed by atoms with van der Waals surface area (Å²) >= 11 is 0. The second kappa shape index (κ2) is 3.09. The fraction of sp³-hybridized carbons (Fsp3) is 0.250. The Morgan fingerprint density at radius 1 is 1.38 bits per heavy atom. The predicted molar refractivity (Wildman–Crippen MR) is 64.3 cm³/mol. The van der Waals surface area contributed by atoms with Crippen molar-refractivity contribution in [3.63, 3.8) is 0 Å². The molecule has 0 spiro atoms. The maximum atomic E-state index is 5.69. The van der Waals surface area contributed by atoms with Crippen LogP contribution in [0.2, 0.25) is 0 Å². The molecule has 2 heterocycles. The van der Waals surface area contributed by atoms with Gasteiger partial charge in [-0.05, 0) is 18.6 Å². The van der Waals surface area contributed by atoms with Crippen LogP contribution >= 0.6 is 0 Å². The van der Waals surface area contributed by atoms with Gasteiger partial charge in [0, 0.05) is 19.8 Å². The molecule has 0 bridgehead atoms. The molecule has 0 amide bonds. The van der Waals surface area contributed by atoms with Gasteiger partial charge in [0.2, 0.25) is 5.78 Å². The van der Waals surface area contributed by atoms with Gasteiger partial charge in [-0.25, -0.2) is 4.98 Å². The van der Waals surface area contributed by atoms with Gasteiger partial charge in [-0.15, -0.1) is 0 Å². The Labute approximate surface area is 93.3 Å². The highest BCUT2D eigenvalue weighted by Crippen LogP contribution is 2.21. The van der Waals surface area contributed by atoms with Crippen LogP contribution in [0.4, 0.5) is 0 Å². The van der Waals surface area contributed by atoms with Crippen LogP contribution in [0.25, 0.3) is 16.8 Å². The van der Waals surface area contributed by atoms with E-state index in [1.165, 1.54) is 5.56 Å². The lowest BCUT2D eigenvalue weighted by Gasteiger charge is -1.96. The first-order valence-corrected chi connectivity index (χ1v) is 5.34. The molecule has 0 unspecified atom stereocenters. The number of nitrogens with zero attached hydrogens (tertiary/aromatic N) is 3. The van der Waals surface area contributed by atoms with Gasteiger partial charge >= 0.3 is 0 Å². The molecule has 0 fully saturated rings. The Morgan fingerprint density at radius 2 is 2.19 bits per heavy atom. The number of para-hydroxylation sites is 1. The maximum absolute atomic E-state index is 5.69. The van der Waals surface area contributed by atoms with Crippen LogP contribution < -0.4 is 5.73 Å². The number of aromatic nitrogens is 3. The molecule has 0 aliphatic rings. The van der Waals surface area contributed by atoms with Crippen molar-refractivity contribution in [2.24, 2.45) is 12.8 Å². The summed E-state index contributed by atoms with van der Waals surface area (Å²) in [5.41, 5.74) is 10.2. The lowest BCUT2D eigenvalue weighted by atomic mass is 10.2. The number of hydrogen-bond acceptors (Lipinski definition) is 2. The van der Waals surface area contributed by atoms with E-state index in [9.17, 15) is 0 Å². The van der Waals surface area contributed by atoms with E-state index in [0.29, 0.717) is 6.54 Å². The average molecular weight is 214 g/mol. The van der Waals surface area contributed by atoms with Gasteiger partial charge in [-0.2, -0.15) is 0 Å². The number of fused-ring (bicyclic) bond motifs is 3. The molecule has 0 aliphatic carbocycles. The highest BCUT2D eigenvalue weighted by atomic mass is 15.2. The van der Waals surface area contributed by atoms with Crippen molar-refractivity contribution in [1.29, 1.82) is 0 Å². The summed E-state index contributed by atoms with van der Waals surface area (Å²) in [6.07, 6.45) is 2.06. The number of rotatable bonds is 1. The van der Waals surface area contributed by atoms with E-state index in [4.69, 9.17) is 5.73 Å². The average Bonchev–Trinajstić information content (AvgIpc) is 2.78. The van der Waals surface area contributed by atoms with E-state index in [2.05, 4.69) is 40.7 Å². The molecule has 4 heteroatoms. The molecule has 2 N–H and O–H groups in total. The highest BCUT2D eigenvalue weighted by molar-refractivity contribution is 5.82. The number of hydrogen-bond donors (Lipinski definition) is 1. The zero-order valence-corrected chi connectivity index (χ0v) is 9.44. The zero-order valence-electron chi connectivity index (χ0n) is 9.44. The van der Waals surface area contributed by atoms with Crippen LogP contribution in [-0.2, 0) is 13.6 Å². The van der Waals surface area contributed by atoms with Crippen LogP contribution in [-0.4, -0.2) is 14.0 Å². The molecule has 3 aromatic rings. The van der Waals surface area contributed by atoms with Crippen LogP contribution in [0.1, 0.15) is 11.3 Å². The van der Waals surface area contributed by atoms with Crippen molar-refractivity contribution in [1.82, 2.24) is 14.0 Å². The molecule has 82 valence electrons. The molecule has 0 saturated heterocycles. The third-order valence-corrected chi connectivity index (χ3v) is 3.12. The van der Waals surface area contributed by atoms with Crippen LogP contribution in [0.15, 0.2) is 24.4 Å². The van der Waals surface area contributed by atoms with Gasteiger partial charge < -0.3 is 10.3 Å². The van der Waals surface area contributed by atoms with Crippen LogP contribution in [0.3, 0.4) is 0 Å². The highest BCUT2D eigenvalue weighted by Gasteiger charge is 2.11. The van der Waals surface area contributed by atoms with E-state index < -0.39 is 0 Å². The van der Waals surface area contributed by atoms with Gasteiger partial charge in [-0.3, -0.25) is 4.40 Å². The molecule has 0 atom stereocenters. The van der Waals surface area contributed by atoms with Crippen molar-refractivity contribution in [2.75, 3.05) is 0 Å². The van der Waals surface area contributed by atoms with Crippen molar-refractivity contribution >= 4 is 16.8 Å². The molecule has 0 aliphatic heterocycles. The Balaban J connectivity index is 2.50. The van der Waals surface area contributed by atoms with Crippen LogP contribution in [0, 0.1) is 6.92 Å². The second-order valence-electron chi connectivity index (χ2n) is 4.11. The monoisotopic (exact) mass is 214 g/mol. The molecule has 0 radical (unpaired) electrons. The summed E-state index contributed by atoms with van der Waals surface area (Å²) in [5, 5.41) is 0. The summed E-state index contributed by atoms with van der Waals surface area (Å²) < 4.78 is 4.14. The second-order valence-corrected chi connectivity index (χ2v) is 4.11. The summed E-state index contributed by atoms with van der Waals surface area (Å²) in [6.45, 7) is 2.62. The zero-order chi connectivity index (χ0) is 11.3. The van der Waals surface area contributed by atoms with Gasteiger partial charge in [0.05, 0.1) is 16.7 Å². The van der Waals surface area contributed by atoms with Gasteiger partial charge in [-0.1, -0.05) is 12.1 Å². The molecule has 2 aromatic heterocycles. The van der Waals surface area contributed by atoms with E-state index in [-0.39, 0.29) is 0 Å². The maximum Gasteiger partial charge on any atom is 0.214 e. The Morgan fingerprint density at radius 3 is 2.94 bits per heavy atom. The summed E-state index contributed by atoms with van der Waals surface area (Å²) in [7, 11) is 2.00. The minimum absolute atomic E-state index is 0.535. The smallest absolute Gasteiger partial charge is 0.214 e. The Hall–Kier alpha value is -1.81. The number of imidazole rings is 2. The normalized spacial score (nSPS) is 11.7. The lowest BCUT2D eigenvalue weighted by molar-refractivity contribution is 0.840. The summed E-state index contributed by atoms with van der Waals surface area (Å²) in [4.78, 5) is 4.65. The topological polar surface area (TPSA) is 48.2 Å². The standard InChI is InChI=1S/C12H14N4/c1-8-4-3-5-10-11(8)14-12-15(2)9(6-13)7-16(10)12/h3-5,7H,6,13H2,1-2H3. The molecule has 0 saturated carbocycles. The van der Waals surface area contributed by atoms with Crippen molar-refractivity contribution in [3.8, 4) is 0 Å². The third-order valence-electron chi connectivity index (χ3n) is 3.12. The minimum atomic E-state index is 0.535. The molecule has 1 aromatic carbocycles. The minimum Gasteiger partial charge on any atom is -0.325 e. The fourth-order valence-corrected chi connectivity index (χ4v) is 2.16. The van der Waals surface area contributed by atoms with Gasteiger partial charge in [0.1, 0.15) is 0 Å². The van der Waals surface area contributed by atoms with Gasteiger partial charge in [0.15, 0.2) is 0 Å². The molecule has 4 nitrogen and oxygen atoms in total. The Kier molecular flexibility index (Phi) is 1.82. The SMILES string of the molecule is Cc1cccc2c1nc1n(C)c(CN)cn21. The first-order valence-electron chi connectivity index (χ1n) is 5.34. The van der Waals surface area contributed by atoms with Gasteiger partial charge in [0.25, 0.3) is 0 Å². The Bertz CT molecular complexity index is 675. The number of benzene rings is 1. The van der Waals surface area contributed by atoms with Crippen molar-refractivity contribution in [3.05, 3.63) is 35.7 Å². The molecule has 3 rings (SSSR count). The fourth-order valence-electron chi connectivity index (χ4n) is 2.16. The predicted octanol–water partition coefficient (Wildman–Crippen LogP) is 1.59. The number of aryl methyl sites for hydroxylation is 2. The van der Waals surface area contributed by atoms with Crippen molar-refractivity contribution in [2.45, 2.75) is 13.5 Å². The van der Waals surface area contributed by atoms with E-state index in [0.717, 1.165) is 22.5 Å². The summed E-state index contributed by atoms with van der Waals surface area (Å²) in [5.74, 6) is 0.949.